The highest BCUT2D eigenvalue weighted by Gasteiger charge is 2.22. The van der Waals surface area contributed by atoms with Gasteiger partial charge in [0.05, 0.1) is 12.8 Å². The zero-order valence-corrected chi connectivity index (χ0v) is 17.5. The smallest absolute Gasteiger partial charge is 0.361 e. The molecule has 0 radical (unpaired) electrons. The van der Waals surface area contributed by atoms with Gasteiger partial charge in [-0.2, -0.15) is 0 Å². The van der Waals surface area contributed by atoms with Crippen LogP contribution in [0.15, 0.2) is 63.6 Å². The predicted octanol–water partition coefficient (Wildman–Crippen LogP) is 4.75. The van der Waals surface area contributed by atoms with Gasteiger partial charge in [0.15, 0.2) is 12.3 Å². The van der Waals surface area contributed by atoms with Gasteiger partial charge in [-0.05, 0) is 51.1 Å². The lowest BCUT2D eigenvalue weighted by atomic mass is 10.1. The molecule has 0 atom stereocenters. The van der Waals surface area contributed by atoms with E-state index < -0.39 is 5.97 Å². The van der Waals surface area contributed by atoms with Crippen molar-refractivity contribution in [2.45, 2.75) is 27.3 Å². The number of ketones is 1. The van der Waals surface area contributed by atoms with Crippen molar-refractivity contribution in [3.63, 3.8) is 0 Å². The molecule has 0 bridgehead atoms. The molecule has 1 aromatic carbocycles. The van der Waals surface area contributed by atoms with Gasteiger partial charge in [0.25, 0.3) is 0 Å². The highest BCUT2D eigenvalue weighted by molar-refractivity contribution is 6.00. The molecule has 158 valence electrons. The van der Waals surface area contributed by atoms with E-state index in [1.54, 1.807) is 19.3 Å². The van der Waals surface area contributed by atoms with E-state index in [4.69, 9.17) is 13.6 Å². The molecule has 0 saturated carbocycles. The summed E-state index contributed by atoms with van der Waals surface area (Å²) in [6, 6.07) is 14.8. The van der Waals surface area contributed by atoms with E-state index in [1.807, 2.05) is 60.9 Å². The van der Waals surface area contributed by atoms with Gasteiger partial charge in [0, 0.05) is 22.5 Å². The van der Waals surface area contributed by atoms with Crippen LogP contribution in [0.2, 0.25) is 0 Å². The van der Waals surface area contributed by atoms with Crippen molar-refractivity contribution in [2.24, 2.45) is 0 Å². The van der Waals surface area contributed by atoms with Gasteiger partial charge in [0.1, 0.15) is 11.5 Å². The van der Waals surface area contributed by atoms with E-state index in [0.29, 0.717) is 23.8 Å². The number of carbonyl (C=O) groups is 2. The molecule has 4 rings (SSSR count). The second-order valence-corrected chi connectivity index (χ2v) is 7.24. The first-order valence-electron chi connectivity index (χ1n) is 9.86. The fraction of sp³-hybridized carbons (Fsp3) is 0.208. The maximum atomic E-state index is 12.7. The summed E-state index contributed by atoms with van der Waals surface area (Å²) in [4.78, 5) is 29.5. The Kier molecular flexibility index (Phi) is 5.58. The van der Waals surface area contributed by atoms with Crippen molar-refractivity contribution in [3.8, 4) is 11.5 Å². The van der Waals surface area contributed by atoms with E-state index in [-0.39, 0.29) is 18.1 Å². The number of rotatable bonds is 7. The standard InChI is InChI=1S/C24H22N2O5/c1-15-12-20(16(2)26(15)13-19-10-7-11-29-19)21(27)14-30-24(28)22-17(3)31-23(25-22)18-8-5-4-6-9-18/h4-12H,13-14H2,1-3H3. The van der Waals surface area contributed by atoms with Crippen LogP contribution in [0.3, 0.4) is 0 Å². The molecule has 4 aromatic rings. The first kappa shape index (κ1) is 20.4. The maximum absolute atomic E-state index is 12.7. The fourth-order valence-corrected chi connectivity index (χ4v) is 3.45. The van der Waals surface area contributed by atoms with E-state index >= 15 is 0 Å². The molecule has 3 heterocycles. The minimum Gasteiger partial charge on any atom is -0.467 e. The number of aryl methyl sites for hydroxylation is 2. The monoisotopic (exact) mass is 418 g/mol. The molecule has 0 N–H and O–H groups in total. The Labute approximate surface area is 179 Å². The third-order valence-corrected chi connectivity index (χ3v) is 5.11. The minimum atomic E-state index is -0.693. The lowest BCUT2D eigenvalue weighted by Gasteiger charge is -2.08. The van der Waals surface area contributed by atoms with Crippen LogP contribution in [0.25, 0.3) is 11.5 Å². The summed E-state index contributed by atoms with van der Waals surface area (Å²) in [6.45, 7) is 5.57. The summed E-state index contributed by atoms with van der Waals surface area (Å²) in [5, 5.41) is 0. The van der Waals surface area contributed by atoms with Crippen LogP contribution in [-0.2, 0) is 11.3 Å². The quantitative estimate of drug-likeness (QED) is 0.318. The van der Waals surface area contributed by atoms with Gasteiger partial charge < -0.3 is 18.1 Å². The first-order valence-corrected chi connectivity index (χ1v) is 9.86. The SMILES string of the molecule is Cc1oc(-c2ccccc2)nc1C(=O)OCC(=O)c1cc(C)n(Cc2ccco2)c1C. The highest BCUT2D eigenvalue weighted by atomic mass is 16.5. The summed E-state index contributed by atoms with van der Waals surface area (Å²) in [5.41, 5.74) is 3.04. The van der Waals surface area contributed by atoms with E-state index in [1.165, 1.54) is 0 Å². The molecule has 0 amide bonds. The molecule has 0 fully saturated rings. The Morgan fingerprint density at radius 3 is 2.55 bits per heavy atom. The number of carbonyl (C=O) groups excluding carboxylic acids is 2. The normalized spacial score (nSPS) is 10.9. The Morgan fingerprint density at radius 1 is 1.06 bits per heavy atom. The number of oxazole rings is 1. The number of hydrogen-bond donors (Lipinski definition) is 0. The zero-order valence-electron chi connectivity index (χ0n) is 17.5. The summed E-state index contributed by atoms with van der Waals surface area (Å²) in [6.07, 6.45) is 1.62. The second kappa shape index (κ2) is 8.47. The van der Waals surface area contributed by atoms with Gasteiger partial charge in [0.2, 0.25) is 11.7 Å². The van der Waals surface area contributed by atoms with Crippen molar-refractivity contribution in [3.05, 3.63) is 89.0 Å². The van der Waals surface area contributed by atoms with E-state index in [0.717, 1.165) is 22.7 Å². The number of esters is 1. The molecule has 0 unspecified atom stereocenters. The highest BCUT2D eigenvalue weighted by Crippen LogP contribution is 2.22. The number of aromatic nitrogens is 2. The van der Waals surface area contributed by atoms with Crippen molar-refractivity contribution in [1.82, 2.24) is 9.55 Å². The number of hydrogen-bond acceptors (Lipinski definition) is 6. The third-order valence-electron chi connectivity index (χ3n) is 5.11. The minimum absolute atomic E-state index is 0.0648. The molecule has 0 aliphatic carbocycles. The molecular weight excluding hydrogens is 396 g/mol. The Hall–Kier alpha value is -3.87. The summed E-state index contributed by atoms with van der Waals surface area (Å²) in [7, 11) is 0. The van der Waals surface area contributed by atoms with Crippen LogP contribution in [0.5, 0.6) is 0 Å². The van der Waals surface area contributed by atoms with Crippen molar-refractivity contribution in [1.29, 1.82) is 0 Å². The third kappa shape index (κ3) is 4.21. The van der Waals surface area contributed by atoms with E-state index in [2.05, 4.69) is 4.98 Å². The molecule has 31 heavy (non-hydrogen) atoms. The predicted molar refractivity (Wildman–Crippen MR) is 113 cm³/mol. The average molecular weight is 418 g/mol. The maximum Gasteiger partial charge on any atom is 0.361 e. The molecule has 3 aromatic heterocycles. The largest absolute Gasteiger partial charge is 0.467 e. The molecule has 7 heteroatoms. The van der Waals surface area contributed by atoms with Crippen LogP contribution < -0.4 is 0 Å². The van der Waals surface area contributed by atoms with Gasteiger partial charge in [-0.1, -0.05) is 18.2 Å². The molecule has 7 nitrogen and oxygen atoms in total. The number of nitrogens with zero attached hydrogens (tertiary/aromatic N) is 2. The lowest BCUT2D eigenvalue weighted by Crippen LogP contribution is -2.16. The van der Waals surface area contributed by atoms with Crippen molar-refractivity contribution in [2.75, 3.05) is 6.61 Å². The fourth-order valence-electron chi connectivity index (χ4n) is 3.45. The van der Waals surface area contributed by atoms with Crippen molar-refractivity contribution < 1.29 is 23.2 Å². The van der Waals surface area contributed by atoms with Crippen LogP contribution >= 0.6 is 0 Å². The van der Waals surface area contributed by atoms with Gasteiger partial charge in [-0.25, -0.2) is 9.78 Å². The first-order chi connectivity index (χ1) is 14.9. The van der Waals surface area contributed by atoms with Gasteiger partial charge in [-0.15, -0.1) is 0 Å². The molecule has 0 spiro atoms. The van der Waals surface area contributed by atoms with Crippen LogP contribution in [0.1, 0.15) is 43.8 Å². The van der Waals surface area contributed by atoms with Crippen LogP contribution in [0.4, 0.5) is 0 Å². The molecule has 0 aliphatic rings. The zero-order chi connectivity index (χ0) is 22.0. The lowest BCUT2D eigenvalue weighted by molar-refractivity contribution is 0.0467. The van der Waals surface area contributed by atoms with Crippen molar-refractivity contribution >= 4 is 11.8 Å². The number of ether oxygens (including phenoxy) is 1. The Bertz CT molecular complexity index is 1220. The summed E-state index contributed by atoms with van der Waals surface area (Å²) in [5.74, 6) is 0.492. The summed E-state index contributed by atoms with van der Waals surface area (Å²) < 4.78 is 18.2. The molecular formula is C24H22N2O5. The Balaban J connectivity index is 1.45. The average Bonchev–Trinajstić information content (AvgIpc) is 3.49. The molecule has 0 aliphatic heterocycles. The summed E-state index contributed by atoms with van der Waals surface area (Å²) >= 11 is 0. The number of Topliss-reactive ketones (excluding diaryl/α,β-unsaturated/α-hetero) is 1. The number of benzene rings is 1. The Morgan fingerprint density at radius 2 is 1.84 bits per heavy atom. The van der Waals surface area contributed by atoms with Crippen LogP contribution in [-0.4, -0.2) is 27.9 Å². The second-order valence-electron chi connectivity index (χ2n) is 7.24. The number of furan rings is 1. The van der Waals surface area contributed by atoms with E-state index in [9.17, 15) is 9.59 Å². The van der Waals surface area contributed by atoms with Gasteiger partial charge in [-0.3, -0.25) is 4.79 Å². The topological polar surface area (TPSA) is 87.5 Å². The van der Waals surface area contributed by atoms with Crippen LogP contribution in [0, 0.1) is 20.8 Å². The van der Waals surface area contributed by atoms with Gasteiger partial charge >= 0.3 is 5.97 Å². The molecule has 0 saturated heterocycles.